The fraction of sp³-hybridized carbons (Fsp3) is 0.700. The Morgan fingerprint density at radius 3 is 2.00 bits per heavy atom. The van der Waals surface area contributed by atoms with Crippen LogP contribution in [0.2, 0.25) is 0 Å². The molecule has 2 heteroatoms. The van der Waals surface area contributed by atoms with Crippen LogP contribution in [-0.4, -0.2) is 24.9 Å². The van der Waals surface area contributed by atoms with Crippen molar-refractivity contribution in [1.29, 1.82) is 0 Å². The molecule has 0 amide bonds. The zero-order valence-corrected chi connectivity index (χ0v) is 15.0. The van der Waals surface area contributed by atoms with Crippen LogP contribution in [0.1, 0.15) is 70.1 Å². The van der Waals surface area contributed by atoms with Crippen molar-refractivity contribution in [2.45, 2.75) is 58.8 Å². The Bertz CT molecular complexity index is 480. The van der Waals surface area contributed by atoms with Crippen molar-refractivity contribution in [1.82, 2.24) is 0 Å². The normalized spacial score (nSPS) is 27.7. The first-order valence-electron chi connectivity index (χ1n) is 8.70. The molecule has 1 fully saturated rings. The van der Waals surface area contributed by atoms with Gasteiger partial charge in [0.25, 0.3) is 0 Å². The highest BCUT2D eigenvalue weighted by molar-refractivity contribution is 5.43. The fourth-order valence-electron chi connectivity index (χ4n) is 3.63. The Balaban J connectivity index is 2.38. The summed E-state index contributed by atoms with van der Waals surface area (Å²) >= 11 is 0. The van der Waals surface area contributed by atoms with Crippen LogP contribution >= 0.6 is 0 Å². The van der Waals surface area contributed by atoms with Crippen LogP contribution in [0, 0.1) is 11.8 Å². The van der Waals surface area contributed by atoms with E-state index < -0.39 is 0 Å². The van der Waals surface area contributed by atoms with E-state index >= 15 is 0 Å². The molecule has 124 valence electrons. The first kappa shape index (κ1) is 17.5. The van der Waals surface area contributed by atoms with Gasteiger partial charge in [0.1, 0.15) is 0 Å². The Morgan fingerprint density at radius 1 is 1.05 bits per heavy atom. The Labute approximate surface area is 135 Å². The molecule has 2 rings (SSSR count). The Hall–Kier alpha value is -0.860. The molecular formula is C20H32O2. The standard InChI is InChI=1S/C20H32O2/c1-7-22-12-19-18(11-21)20(19,6)17-9-15(13(2)3)8-16(10-17)14(4)5/h8-10,13-14,18-19,21H,7,11-12H2,1-6H3/t18?,19?,20-/m0/s1. The van der Waals surface area contributed by atoms with Crippen molar-refractivity contribution in [3.63, 3.8) is 0 Å². The minimum atomic E-state index is 0.0540. The maximum atomic E-state index is 9.77. The van der Waals surface area contributed by atoms with Gasteiger partial charge in [-0.1, -0.05) is 52.8 Å². The Morgan fingerprint density at radius 2 is 1.59 bits per heavy atom. The lowest BCUT2D eigenvalue weighted by molar-refractivity contribution is 0.126. The van der Waals surface area contributed by atoms with Crippen molar-refractivity contribution in [2.75, 3.05) is 19.8 Å². The molecule has 3 atom stereocenters. The van der Waals surface area contributed by atoms with Gasteiger partial charge in [-0.2, -0.15) is 0 Å². The van der Waals surface area contributed by atoms with E-state index in [-0.39, 0.29) is 12.0 Å². The van der Waals surface area contributed by atoms with Crippen molar-refractivity contribution >= 4 is 0 Å². The molecule has 22 heavy (non-hydrogen) atoms. The summed E-state index contributed by atoms with van der Waals surface area (Å²) in [6.07, 6.45) is 0. The van der Waals surface area contributed by atoms with Gasteiger partial charge in [-0.25, -0.2) is 0 Å². The minimum absolute atomic E-state index is 0.0540. The molecule has 1 aliphatic carbocycles. The summed E-state index contributed by atoms with van der Waals surface area (Å²) in [4.78, 5) is 0. The maximum Gasteiger partial charge on any atom is 0.0506 e. The molecule has 2 nitrogen and oxygen atoms in total. The molecule has 1 aromatic carbocycles. The van der Waals surface area contributed by atoms with Crippen LogP contribution in [0.4, 0.5) is 0 Å². The van der Waals surface area contributed by atoms with E-state index in [1.165, 1.54) is 16.7 Å². The van der Waals surface area contributed by atoms with Crippen LogP contribution < -0.4 is 0 Å². The zero-order valence-electron chi connectivity index (χ0n) is 15.0. The first-order valence-corrected chi connectivity index (χ1v) is 8.70. The topological polar surface area (TPSA) is 29.5 Å². The molecular weight excluding hydrogens is 272 g/mol. The lowest BCUT2D eigenvalue weighted by Crippen LogP contribution is -2.12. The van der Waals surface area contributed by atoms with Gasteiger partial charge in [-0.15, -0.1) is 0 Å². The molecule has 1 saturated carbocycles. The summed E-state index contributed by atoms with van der Waals surface area (Å²) in [6, 6.07) is 7.05. The average molecular weight is 304 g/mol. The fourth-order valence-corrected chi connectivity index (χ4v) is 3.63. The van der Waals surface area contributed by atoms with Gasteiger partial charge in [-0.05, 0) is 47.3 Å². The van der Waals surface area contributed by atoms with Crippen LogP contribution in [0.15, 0.2) is 18.2 Å². The maximum absolute atomic E-state index is 9.77. The molecule has 1 aromatic rings. The van der Waals surface area contributed by atoms with Crippen molar-refractivity contribution in [3.05, 3.63) is 34.9 Å². The SMILES string of the molecule is CCOCC1C(CO)[C@]1(C)c1cc(C(C)C)cc(C(C)C)c1. The molecule has 0 heterocycles. The van der Waals surface area contributed by atoms with E-state index in [0.29, 0.717) is 23.7 Å². The second kappa shape index (κ2) is 6.72. The zero-order chi connectivity index (χ0) is 16.5. The number of ether oxygens (including phenoxy) is 1. The molecule has 0 spiro atoms. The van der Waals surface area contributed by atoms with Crippen LogP contribution in [0.5, 0.6) is 0 Å². The van der Waals surface area contributed by atoms with Gasteiger partial charge >= 0.3 is 0 Å². The molecule has 1 N–H and O–H groups in total. The predicted molar refractivity (Wildman–Crippen MR) is 92.5 cm³/mol. The second-order valence-electron chi connectivity index (χ2n) is 7.54. The third-order valence-electron chi connectivity index (χ3n) is 5.55. The van der Waals surface area contributed by atoms with E-state index in [1.807, 2.05) is 6.92 Å². The van der Waals surface area contributed by atoms with Gasteiger partial charge in [0, 0.05) is 18.6 Å². The van der Waals surface area contributed by atoms with Crippen LogP contribution in [-0.2, 0) is 10.2 Å². The third kappa shape index (κ3) is 3.09. The van der Waals surface area contributed by atoms with Gasteiger partial charge in [0.05, 0.1) is 6.61 Å². The minimum Gasteiger partial charge on any atom is -0.396 e. The lowest BCUT2D eigenvalue weighted by Gasteiger charge is -2.19. The van der Waals surface area contributed by atoms with Gasteiger partial charge in [0.2, 0.25) is 0 Å². The quantitative estimate of drug-likeness (QED) is 0.805. The van der Waals surface area contributed by atoms with Crippen molar-refractivity contribution in [2.24, 2.45) is 11.8 Å². The van der Waals surface area contributed by atoms with E-state index in [2.05, 4.69) is 52.8 Å². The van der Waals surface area contributed by atoms with E-state index in [1.54, 1.807) is 0 Å². The highest BCUT2D eigenvalue weighted by atomic mass is 16.5. The number of aliphatic hydroxyl groups excluding tert-OH is 1. The van der Waals surface area contributed by atoms with Crippen LogP contribution in [0.25, 0.3) is 0 Å². The number of hydrogen-bond donors (Lipinski definition) is 1. The van der Waals surface area contributed by atoms with Crippen molar-refractivity contribution in [3.8, 4) is 0 Å². The Kier molecular flexibility index (Phi) is 5.34. The molecule has 1 aliphatic rings. The highest BCUT2D eigenvalue weighted by Gasteiger charge is 2.61. The third-order valence-corrected chi connectivity index (χ3v) is 5.55. The van der Waals surface area contributed by atoms with E-state index in [4.69, 9.17) is 4.74 Å². The number of hydrogen-bond acceptors (Lipinski definition) is 2. The summed E-state index contributed by atoms with van der Waals surface area (Å²) in [7, 11) is 0. The first-order chi connectivity index (χ1) is 10.4. The largest absolute Gasteiger partial charge is 0.396 e. The predicted octanol–water partition coefficient (Wildman–Crippen LogP) is 4.47. The molecule has 0 aromatic heterocycles. The number of benzene rings is 1. The molecule has 2 unspecified atom stereocenters. The number of rotatable bonds is 7. The summed E-state index contributed by atoms with van der Waals surface area (Å²) in [5, 5.41) is 9.77. The molecule has 0 saturated heterocycles. The number of aliphatic hydroxyl groups is 1. The van der Waals surface area contributed by atoms with E-state index in [0.717, 1.165) is 13.2 Å². The summed E-state index contributed by atoms with van der Waals surface area (Å²) in [6.45, 7) is 15.1. The average Bonchev–Trinajstić information content (AvgIpc) is 3.09. The summed E-state index contributed by atoms with van der Waals surface area (Å²) in [5.74, 6) is 1.80. The highest BCUT2D eigenvalue weighted by Crippen LogP contribution is 2.60. The molecule has 0 bridgehead atoms. The van der Waals surface area contributed by atoms with Gasteiger partial charge in [0.15, 0.2) is 0 Å². The smallest absolute Gasteiger partial charge is 0.0506 e. The molecule has 0 aliphatic heterocycles. The molecule has 0 radical (unpaired) electrons. The lowest BCUT2D eigenvalue weighted by atomic mass is 9.86. The monoisotopic (exact) mass is 304 g/mol. The van der Waals surface area contributed by atoms with Crippen molar-refractivity contribution < 1.29 is 9.84 Å². The summed E-state index contributed by atoms with van der Waals surface area (Å²) in [5.41, 5.74) is 4.24. The summed E-state index contributed by atoms with van der Waals surface area (Å²) < 4.78 is 5.65. The van der Waals surface area contributed by atoms with Gasteiger partial charge in [-0.3, -0.25) is 0 Å². The van der Waals surface area contributed by atoms with Gasteiger partial charge < -0.3 is 9.84 Å². The second-order valence-corrected chi connectivity index (χ2v) is 7.54. The van der Waals surface area contributed by atoms with Crippen LogP contribution in [0.3, 0.4) is 0 Å². The van der Waals surface area contributed by atoms with E-state index in [9.17, 15) is 5.11 Å².